The van der Waals surface area contributed by atoms with Crippen LogP contribution in [0.25, 0.3) is 5.69 Å². The van der Waals surface area contributed by atoms with Crippen LogP contribution in [0.4, 0.5) is 5.69 Å². The van der Waals surface area contributed by atoms with Crippen molar-refractivity contribution in [1.82, 2.24) is 15.0 Å². The number of hydrogen-bond donors (Lipinski definition) is 1. The summed E-state index contributed by atoms with van der Waals surface area (Å²) in [5.74, 6) is 0.399. The number of nitrogens with one attached hydrogen (secondary N) is 1. The van der Waals surface area contributed by atoms with E-state index in [0.717, 1.165) is 11.4 Å². The summed E-state index contributed by atoms with van der Waals surface area (Å²) < 4.78 is 6.69. The number of methoxy groups -OCH3 is 1. The van der Waals surface area contributed by atoms with Crippen molar-refractivity contribution in [2.24, 2.45) is 0 Å². The molecule has 0 radical (unpaired) electrons. The molecule has 0 spiro atoms. The van der Waals surface area contributed by atoms with Crippen LogP contribution >= 0.6 is 11.6 Å². The third kappa shape index (κ3) is 3.23. The first-order valence-corrected chi connectivity index (χ1v) is 7.60. The topological polar surface area (TPSA) is 69.0 Å². The van der Waals surface area contributed by atoms with Crippen LogP contribution in [-0.4, -0.2) is 28.0 Å². The van der Waals surface area contributed by atoms with Crippen LogP contribution in [-0.2, 0) is 0 Å². The van der Waals surface area contributed by atoms with E-state index in [1.165, 1.54) is 0 Å². The van der Waals surface area contributed by atoms with Gasteiger partial charge in [-0.1, -0.05) is 16.8 Å². The second-order valence-corrected chi connectivity index (χ2v) is 5.53. The van der Waals surface area contributed by atoms with Gasteiger partial charge in [-0.25, -0.2) is 4.68 Å². The van der Waals surface area contributed by atoms with Crippen molar-refractivity contribution in [2.45, 2.75) is 6.92 Å². The minimum Gasteiger partial charge on any atom is -0.497 e. The molecule has 122 valence electrons. The normalized spacial score (nSPS) is 10.5. The van der Waals surface area contributed by atoms with E-state index in [2.05, 4.69) is 15.6 Å². The maximum Gasteiger partial charge on any atom is 0.278 e. The number of carbonyl (C=O) groups excluding carboxylic acids is 1. The highest BCUT2D eigenvalue weighted by molar-refractivity contribution is 6.30. The van der Waals surface area contributed by atoms with Crippen molar-refractivity contribution in [2.75, 3.05) is 12.4 Å². The van der Waals surface area contributed by atoms with Crippen molar-refractivity contribution in [3.05, 3.63) is 64.9 Å². The van der Waals surface area contributed by atoms with Crippen LogP contribution in [0.2, 0.25) is 5.02 Å². The molecule has 0 aliphatic rings. The van der Waals surface area contributed by atoms with Crippen LogP contribution in [0.3, 0.4) is 0 Å². The molecule has 0 aliphatic heterocycles. The zero-order valence-corrected chi connectivity index (χ0v) is 13.9. The van der Waals surface area contributed by atoms with Crippen molar-refractivity contribution in [3.8, 4) is 11.4 Å². The number of carbonyl (C=O) groups is 1. The average Bonchev–Trinajstić information content (AvgIpc) is 2.98. The number of amides is 1. The Morgan fingerprint density at radius 3 is 2.42 bits per heavy atom. The Labute approximate surface area is 144 Å². The molecule has 0 bridgehead atoms. The monoisotopic (exact) mass is 342 g/mol. The molecule has 2 aromatic carbocycles. The molecule has 3 aromatic rings. The molecule has 0 fully saturated rings. The average molecular weight is 343 g/mol. The van der Waals surface area contributed by atoms with Gasteiger partial charge in [0.1, 0.15) is 5.75 Å². The first-order chi connectivity index (χ1) is 11.6. The lowest BCUT2D eigenvalue weighted by molar-refractivity contribution is 0.102. The van der Waals surface area contributed by atoms with Gasteiger partial charge in [0.2, 0.25) is 0 Å². The highest BCUT2D eigenvalue weighted by atomic mass is 35.5. The van der Waals surface area contributed by atoms with E-state index in [1.807, 2.05) is 12.1 Å². The molecule has 1 amide bonds. The lowest BCUT2D eigenvalue weighted by Gasteiger charge is -2.06. The maximum absolute atomic E-state index is 12.4. The molecule has 7 heteroatoms. The largest absolute Gasteiger partial charge is 0.497 e. The molecular weight excluding hydrogens is 328 g/mol. The molecule has 0 unspecified atom stereocenters. The summed E-state index contributed by atoms with van der Waals surface area (Å²) in [5.41, 5.74) is 2.35. The van der Waals surface area contributed by atoms with Gasteiger partial charge >= 0.3 is 0 Å². The third-order valence-electron chi connectivity index (χ3n) is 3.53. The van der Waals surface area contributed by atoms with E-state index in [1.54, 1.807) is 55.1 Å². The fourth-order valence-corrected chi connectivity index (χ4v) is 2.36. The minimum atomic E-state index is -0.321. The number of benzene rings is 2. The zero-order valence-electron chi connectivity index (χ0n) is 13.2. The molecule has 0 saturated carbocycles. The SMILES string of the molecule is COc1ccc(NC(=O)c2nnn(-c3ccc(Cl)cc3)c2C)cc1. The Morgan fingerprint density at radius 1 is 1.12 bits per heavy atom. The molecule has 0 atom stereocenters. The van der Waals surface area contributed by atoms with Crippen LogP contribution in [0.15, 0.2) is 48.5 Å². The summed E-state index contributed by atoms with van der Waals surface area (Å²) in [6.07, 6.45) is 0. The predicted octanol–water partition coefficient (Wildman–Crippen LogP) is 3.49. The molecule has 1 N–H and O–H groups in total. The second-order valence-electron chi connectivity index (χ2n) is 5.09. The Balaban J connectivity index is 1.81. The van der Waals surface area contributed by atoms with Gasteiger partial charge in [0, 0.05) is 10.7 Å². The summed E-state index contributed by atoms with van der Waals surface area (Å²) in [6, 6.07) is 14.2. The Morgan fingerprint density at radius 2 is 1.79 bits per heavy atom. The van der Waals surface area contributed by atoms with Gasteiger partial charge in [0.05, 0.1) is 18.5 Å². The first kappa shape index (κ1) is 16.0. The van der Waals surface area contributed by atoms with E-state index in [0.29, 0.717) is 16.4 Å². The molecule has 1 heterocycles. The number of anilines is 1. The van der Waals surface area contributed by atoms with Crippen molar-refractivity contribution < 1.29 is 9.53 Å². The summed E-state index contributed by atoms with van der Waals surface area (Å²) in [7, 11) is 1.59. The standard InChI is InChI=1S/C17H15ClN4O2/c1-11-16(17(23)19-13-5-9-15(24-2)10-6-13)20-21-22(11)14-7-3-12(18)4-8-14/h3-10H,1-2H3,(H,19,23). The van der Waals surface area contributed by atoms with Gasteiger partial charge in [-0.3, -0.25) is 4.79 Å². The number of ether oxygens (including phenoxy) is 1. The lowest BCUT2D eigenvalue weighted by Crippen LogP contribution is -2.14. The smallest absolute Gasteiger partial charge is 0.278 e. The zero-order chi connectivity index (χ0) is 17.1. The summed E-state index contributed by atoms with van der Waals surface area (Å²) in [4.78, 5) is 12.4. The highest BCUT2D eigenvalue weighted by Gasteiger charge is 2.17. The second kappa shape index (κ2) is 6.72. The molecule has 3 rings (SSSR count). The summed E-state index contributed by atoms with van der Waals surface area (Å²) in [6.45, 7) is 1.79. The van der Waals surface area contributed by atoms with E-state index < -0.39 is 0 Å². The fraction of sp³-hybridized carbons (Fsp3) is 0.118. The van der Waals surface area contributed by atoms with E-state index in [-0.39, 0.29) is 11.6 Å². The highest BCUT2D eigenvalue weighted by Crippen LogP contribution is 2.18. The Hall–Kier alpha value is -2.86. The molecule has 1 aromatic heterocycles. The van der Waals surface area contributed by atoms with Gasteiger partial charge in [0.25, 0.3) is 5.91 Å². The van der Waals surface area contributed by atoms with Gasteiger partial charge in [-0.05, 0) is 55.5 Å². The first-order valence-electron chi connectivity index (χ1n) is 7.22. The predicted molar refractivity (Wildman–Crippen MR) is 92.1 cm³/mol. The van der Waals surface area contributed by atoms with Crippen molar-refractivity contribution >= 4 is 23.2 Å². The maximum atomic E-state index is 12.4. The Bertz CT molecular complexity index is 857. The van der Waals surface area contributed by atoms with Crippen molar-refractivity contribution in [1.29, 1.82) is 0 Å². The van der Waals surface area contributed by atoms with Gasteiger partial charge in [-0.2, -0.15) is 0 Å². The van der Waals surface area contributed by atoms with Crippen molar-refractivity contribution in [3.63, 3.8) is 0 Å². The van der Waals surface area contributed by atoms with Crippen LogP contribution < -0.4 is 10.1 Å². The van der Waals surface area contributed by atoms with Gasteiger partial charge < -0.3 is 10.1 Å². The van der Waals surface area contributed by atoms with Crippen LogP contribution in [0, 0.1) is 6.92 Å². The lowest BCUT2D eigenvalue weighted by atomic mass is 10.2. The molecular formula is C17H15ClN4O2. The molecule has 6 nitrogen and oxygen atoms in total. The fourth-order valence-electron chi connectivity index (χ4n) is 2.23. The third-order valence-corrected chi connectivity index (χ3v) is 3.78. The van der Waals surface area contributed by atoms with Crippen LogP contribution in [0.1, 0.15) is 16.2 Å². The number of nitrogens with zero attached hydrogens (tertiary/aromatic N) is 3. The molecule has 0 saturated heterocycles. The summed E-state index contributed by atoms with van der Waals surface area (Å²) >= 11 is 5.89. The van der Waals surface area contributed by atoms with E-state index in [9.17, 15) is 4.79 Å². The number of halogens is 1. The Kier molecular flexibility index (Phi) is 4.48. The number of rotatable bonds is 4. The van der Waals surface area contributed by atoms with E-state index in [4.69, 9.17) is 16.3 Å². The quantitative estimate of drug-likeness (QED) is 0.788. The van der Waals surface area contributed by atoms with Crippen LogP contribution in [0.5, 0.6) is 5.75 Å². The number of aromatic nitrogens is 3. The van der Waals surface area contributed by atoms with Gasteiger partial charge in [0.15, 0.2) is 5.69 Å². The van der Waals surface area contributed by atoms with E-state index >= 15 is 0 Å². The summed E-state index contributed by atoms with van der Waals surface area (Å²) in [5, 5.41) is 11.5. The molecule has 0 aliphatic carbocycles. The van der Waals surface area contributed by atoms with Gasteiger partial charge in [-0.15, -0.1) is 5.10 Å². The minimum absolute atomic E-state index is 0.265. The number of hydrogen-bond acceptors (Lipinski definition) is 4. The molecule has 24 heavy (non-hydrogen) atoms.